The van der Waals surface area contributed by atoms with Gasteiger partial charge in [-0.25, -0.2) is 4.98 Å². The number of aromatic nitrogens is 2. The van der Waals surface area contributed by atoms with Crippen molar-refractivity contribution in [1.82, 2.24) is 9.55 Å². The molecular weight excluding hydrogens is 390 g/mol. The summed E-state index contributed by atoms with van der Waals surface area (Å²) in [5, 5.41) is 0. The summed E-state index contributed by atoms with van der Waals surface area (Å²) in [4.78, 5) is 33.3. The van der Waals surface area contributed by atoms with E-state index in [1.54, 1.807) is 11.8 Å². The molecule has 6 nitrogen and oxygen atoms in total. The van der Waals surface area contributed by atoms with Crippen molar-refractivity contribution in [2.24, 2.45) is 11.8 Å². The van der Waals surface area contributed by atoms with Crippen molar-refractivity contribution in [3.63, 3.8) is 0 Å². The first-order valence-electron chi connectivity index (χ1n) is 10.9. The largest absolute Gasteiger partial charge is 0.465 e. The van der Waals surface area contributed by atoms with E-state index >= 15 is 0 Å². The highest BCUT2D eigenvalue weighted by Gasteiger charge is 2.47. The highest BCUT2D eigenvalue weighted by Crippen LogP contribution is 2.41. The summed E-state index contributed by atoms with van der Waals surface area (Å²) in [6.45, 7) is 8.76. The van der Waals surface area contributed by atoms with Gasteiger partial charge in [0.1, 0.15) is 0 Å². The predicted octanol–water partition coefficient (Wildman–Crippen LogP) is 4.51. The van der Waals surface area contributed by atoms with Crippen LogP contribution in [0.1, 0.15) is 44.4 Å². The average Bonchev–Trinajstić information content (AvgIpc) is 3.12. The smallest absolute Gasteiger partial charge is 0.321 e. The van der Waals surface area contributed by atoms with Crippen LogP contribution in [0.15, 0.2) is 48.5 Å². The topological polar surface area (TPSA) is 64.4 Å². The van der Waals surface area contributed by atoms with E-state index in [9.17, 15) is 9.59 Å². The van der Waals surface area contributed by atoms with Crippen LogP contribution in [0, 0.1) is 18.8 Å². The van der Waals surface area contributed by atoms with E-state index in [0.717, 1.165) is 28.6 Å². The summed E-state index contributed by atoms with van der Waals surface area (Å²) in [7, 11) is 0. The van der Waals surface area contributed by atoms with Crippen molar-refractivity contribution >= 4 is 28.9 Å². The van der Waals surface area contributed by atoms with E-state index < -0.39 is 17.9 Å². The number of fused-ring (bicyclic) bond motifs is 3. The summed E-state index contributed by atoms with van der Waals surface area (Å²) in [5.74, 6) is -0.678. The molecule has 2 aromatic carbocycles. The molecule has 0 N–H and O–H groups in total. The number of esters is 1. The Morgan fingerprint density at radius 2 is 1.84 bits per heavy atom. The second-order valence-electron chi connectivity index (χ2n) is 8.53. The lowest BCUT2D eigenvalue weighted by Gasteiger charge is -2.38. The number of carbonyl (C=O) groups excluding carboxylic acids is 2. The zero-order chi connectivity index (χ0) is 22.1. The molecule has 0 fully saturated rings. The van der Waals surface area contributed by atoms with Crippen molar-refractivity contribution in [3.05, 3.63) is 59.7 Å². The molecule has 1 amide bonds. The van der Waals surface area contributed by atoms with Crippen molar-refractivity contribution < 1.29 is 14.3 Å². The summed E-state index contributed by atoms with van der Waals surface area (Å²) in [5.41, 5.74) is 3.72. The van der Waals surface area contributed by atoms with Gasteiger partial charge in [-0.05, 0) is 43.9 Å². The molecule has 0 unspecified atom stereocenters. The first kappa shape index (κ1) is 21.1. The van der Waals surface area contributed by atoms with Gasteiger partial charge in [0.2, 0.25) is 11.9 Å². The number of carbonyl (C=O) groups is 2. The molecule has 6 heteroatoms. The van der Waals surface area contributed by atoms with Gasteiger partial charge in [-0.2, -0.15) is 0 Å². The summed E-state index contributed by atoms with van der Waals surface area (Å²) in [6, 6.07) is 15.3. The number of nitrogens with zero attached hydrogens (tertiary/aromatic N) is 3. The normalized spacial score (nSPS) is 18.5. The number of hydrogen-bond acceptors (Lipinski definition) is 4. The lowest BCUT2D eigenvalue weighted by Crippen LogP contribution is -2.50. The van der Waals surface area contributed by atoms with Crippen LogP contribution in [0.2, 0.25) is 0 Å². The van der Waals surface area contributed by atoms with Crippen LogP contribution in [-0.4, -0.2) is 34.6 Å². The first-order chi connectivity index (χ1) is 14.9. The zero-order valence-electron chi connectivity index (χ0n) is 18.5. The lowest BCUT2D eigenvalue weighted by atomic mass is 9.89. The Labute approximate surface area is 182 Å². The van der Waals surface area contributed by atoms with Crippen LogP contribution in [-0.2, 0) is 14.3 Å². The number of para-hydroxylation sites is 2. The van der Waals surface area contributed by atoms with Gasteiger partial charge in [0.05, 0.1) is 23.7 Å². The molecule has 0 aliphatic carbocycles. The molecule has 0 saturated heterocycles. The van der Waals surface area contributed by atoms with Crippen molar-refractivity contribution in [3.8, 4) is 0 Å². The molecular formula is C25H29N3O3. The summed E-state index contributed by atoms with van der Waals surface area (Å²) >= 11 is 0. The minimum absolute atomic E-state index is 0.229. The fraction of sp³-hybridized carbons (Fsp3) is 0.400. The Hall–Kier alpha value is -3.15. The van der Waals surface area contributed by atoms with E-state index in [-0.39, 0.29) is 12.5 Å². The quantitative estimate of drug-likeness (QED) is 0.436. The van der Waals surface area contributed by atoms with Gasteiger partial charge >= 0.3 is 5.97 Å². The number of benzene rings is 2. The van der Waals surface area contributed by atoms with Crippen LogP contribution in [0.5, 0.6) is 0 Å². The second kappa shape index (κ2) is 8.53. The summed E-state index contributed by atoms with van der Waals surface area (Å²) in [6.07, 6.45) is 0.819. The van der Waals surface area contributed by atoms with Crippen molar-refractivity contribution in [2.45, 2.75) is 40.2 Å². The number of amides is 1. The van der Waals surface area contributed by atoms with Crippen molar-refractivity contribution in [2.75, 3.05) is 18.1 Å². The van der Waals surface area contributed by atoms with E-state index in [1.807, 2.05) is 60.0 Å². The Morgan fingerprint density at radius 3 is 2.52 bits per heavy atom. The van der Waals surface area contributed by atoms with Gasteiger partial charge in [-0.3, -0.25) is 14.5 Å². The number of rotatable bonds is 6. The molecule has 2 heterocycles. The third-order valence-electron chi connectivity index (χ3n) is 5.83. The van der Waals surface area contributed by atoms with Gasteiger partial charge in [0.15, 0.2) is 5.92 Å². The molecule has 4 rings (SSSR count). The highest BCUT2D eigenvalue weighted by atomic mass is 16.5. The number of imidazole rings is 1. The van der Waals surface area contributed by atoms with Crippen molar-refractivity contribution in [1.29, 1.82) is 0 Å². The minimum atomic E-state index is -0.958. The molecule has 1 aliphatic heterocycles. The third kappa shape index (κ3) is 3.82. The van der Waals surface area contributed by atoms with Crippen LogP contribution in [0.3, 0.4) is 0 Å². The number of ether oxygens (including phenoxy) is 1. The maximum Gasteiger partial charge on any atom is 0.321 e. The fourth-order valence-corrected chi connectivity index (χ4v) is 4.21. The van der Waals surface area contributed by atoms with E-state index in [0.29, 0.717) is 18.4 Å². The van der Waals surface area contributed by atoms with Gasteiger partial charge in [-0.1, -0.05) is 55.8 Å². The Kier molecular flexibility index (Phi) is 5.81. The molecule has 0 spiro atoms. The predicted molar refractivity (Wildman–Crippen MR) is 121 cm³/mol. The molecule has 0 bridgehead atoms. The lowest BCUT2D eigenvalue weighted by molar-refractivity contribution is -0.153. The molecule has 31 heavy (non-hydrogen) atoms. The van der Waals surface area contributed by atoms with E-state index in [1.165, 1.54) is 0 Å². The summed E-state index contributed by atoms with van der Waals surface area (Å²) < 4.78 is 7.43. The highest BCUT2D eigenvalue weighted by molar-refractivity contribution is 6.08. The van der Waals surface area contributed by atoms with Gasteiger partial charge in [0.25, 0.3) is 0 Å². The molecule has 2 atom stereocenters. The average molecular weight is 420 g/mol. The third-order valence-corrected chi connectivity index (χ3v) is 5.83. The van der Waals surface area contributed by atoms with Gasteiger partial charge in [-0.15, -0.1) is 0 Å². The van der Waals surface area contributed by atoms with E-state index in [2.05, 4.69) is 13.8 Å². The minimum Gasteiger partial charge on any atom is -0.465 e. The first-order valence-corrected chi connectivity index (χ1v) is 10.9. The fourth-order valence-electron chi connectivity index (χ4n) is 4.21. The van der Waals surface area contributed by atoms with Gasteiger partial charge in [0, 0.05) is 6.54 Å². The molecule has 1 aromatic heterocycles. The molecule has 3 aromatic rings. The molecule has 1 aliphatic rings. The SMILES string of the molecule is CCOC(=O)[C@@H]1C(=O)N(CCC(C)C)c2nc3ccccc3n2[C@@H]1c1ccc(C)cc1. The Balaban J connectivity index is 1.95. The molecule has 0 saturated carbocycles. The zero-order valence-corrected chi connectivity index (χ0v) is 18.5. The Morgan fingerprint density at radius 1 is 1.13 bits per heavy atom. The number of anilines is 1. The molecule has 0 radical (unpaired) electrons. The van der Waals surface area contributed by atoms with Crippen LogP contribution in [0.25, 0.3) is 11.0 Å². The van der Waals surface area contributed by atoms with E-state index in [4.69, 9.17) is 9.72 Å². The van der Waals surface area contributed by atoms with Crippen LogP contribution < -0.4 is 4.90 Å². The van der Waals surface area contributed by atoms with Crippen LogP contribution >= 0.6 is 0 Å². The number of hydrogen-bond donors (Lipinski definition) is 0. The van der Waals surface area contributed by atoms with Crippen LogP contribution in [0.4, 0.5) is 5.95 Å². The number of aryl methyl sites for hydroxylation is 1. The van der Waals surface area contributed by atoms with Gasteiger partial charge < -0.3 is 9.30 Å². The maximum atomic E-state index is 13.7. The maximum absolute atomic E-state index is 13.7. The standard InChI is InChI=1S/C25H29N3O3/c1-5-31-24(30)21-22(18-12-10-17(4)11-13-18)28-20-9-7-6-8-19(20)26-25(28)27(23(21)29)15-14-16(2)3/h6-13,16,21-22H,5,14-15H2,1-4H3/t21-,22+/m0/s1. The Bertz CT molecular complexity index is 1100. The monoisotopic (exact) mass is 419 g/mol. The molecule has 162 valence electrons. The second-order valence-corrected chi connectivity index (χ2v) is 8.53.